The first-order chi connectivity index (χ1) is 10.1. The van der Waals surface area contributed by atoms with Gasteiger partial charge in [0.1, 0.15) is 11.6 Å². The molecule has 5 nitrogen and oxygen atoms in total. The molecule has 0 radical (unpaired) electrons. The van der Waals surface area contributed by atoms with Crippen LogP contribution in [0, 0.1) is 0 Å². The first-order valence-corrected chi connectivity index (χ1v) is 6.92. The number of imidazole rings is 1. The van der Waals surface area contributed by atoms with E-state index >= 15 is 0 Å². The third-order valence-electron chi connectivity index (χ3n) is 3.61. The molecule has 108 valence electrons. The summed E-state index contributed by atoms with van der Waals surface area (Å²) < 4.78 is 2.03. The number of fused-ring (bicyclic) bond motifs is 1. The predicted molar refractivity (Wildman–Crippen MR) is 84.5 cm³/mol. The van der Waals surface area contributed by atoms with Gasteiger partial charge in [0.15, 0.2) is 0 Å². The highest BCUT2D eigenvalue weighted by Crippen LogP contribution is 2.19. The van der Waals surface area contributed by atoms with Crippen molar-refractivity contribution in [3.8, 4) is 0 Å². The second-order valence-electron chi connectivity index (χ2n) is 5.35. The molecule has 3 aromatic rings. The minimum Gasteiger partial charge on any atom is -0.383 e. The lowest BCUT2D eigenvalue weighted by molar-refractivity contribution is 0.307. The van der Waals surface area contributed by atoms with Gasteiger partial charge in [-0.1, -0.05) is 18.2 Å². The molecule has 0 atom stereocenters. The zero-order valence-corrected chi connectivity index (χ0v) is 12.3. The van der Waals surface area contributed by atoms with Gasteiger partial charge < -0.3 is 10.3 Å². The van der Waals surface area contributed by atoms with Crippen LogP contribution in [0.25, 0.3) is 10.9 Å². The Bertz CT molecular complexity index is 762. The van der Waals surface area contributed by atoms with Crippen molar-refractivity contribution in [2.75, 3.05) is 12.8 Å². The monoisotopic (exact) mass is 281 g/mol. The van der Waals surface area contributed by atoms with Crippen molar-refractivity contribution >= 4 is 16.7 Å². The molecule has 0 saturated carbocycles. The smallest absolute Gasteiger partial charge is 0.128 e. The molecule has 0 saturated heterocycles. The number of benzene rings is 1. The van der Waals surface area contributed by atoms with Gasteiger partial charge in [-0.15, -0.1) is 0 Å². The van der Waals surface area contributed by atoms with Crippen LogP contribution in [0.5, 0.6) is 0 Å². The van der Waals surface area contributed by atoms with Gasteiger partial charge in [0.2, 0.25) is 0 Å². The third-order valence-corrected chi connectivity index (χ3v) is 3.61. The van der Waals surface area contributed by atoms with Crippen LogP contribution in [0.1, 0.15) is 11.4 Å². The molecular formula is C16H19N5. The predicted octanol–water partition coefficient (Wildman–Crippen LogP) is 2.18. The Balaban J connectivity index is 1.81. The van der Waals surface area contributed by atoms with Crippen LogP contribution in [0.3, 0.4) is 0 Å². The Labute approximate surface area is 124 Å². The highest BCUT2D eigenvalue weighted by Gasteiger charge is 2.09. The molecule has 21 heavy (non-hydrogen) atoms. The summed E-state index contributed by atoms with van der Waals surface area (Å²) in [4.78, 5) is 11.0. The summed E-state index contributed by atoms with van der Waals surface area (Å²) in [6, 6.07) is 10.1. The fourth-order valence-electron chi connectivity index (χ4n) is 2.44. The number of hydrogen-bond acceptors (Lipinski definition) is 4. The van der Waals surface area contributed by atoms with Crippen LogP contribution in [0.15, 0.2) is 42.7 Å². The van der Waals surface area contributed by atoms with Crippen molar-refractivity contribution in [1.82, 2.24) is 19.4 Å². The summed E-state index contributed by atoms with van der Waals surface area (Å²) >= 11 is 0. The summed E-state index contributed by atoms with van der Waals surface area (Å²) in [5.41, 5.74) is 8.06. The maximum absolute atomic E-state index is 6.08. The van der Waals surface area contributed by atoms with Crippen LogP contribution in [0.4, 0.5) is 5.82 Å². The van der Waals surface area contributed by atoms with Crippen LogP contribution < -0.4 is 5.73 Å². The number of para-hydroxylation sites is 1. The first-order valence-electron chi connectivity index (χ1n) is 6.92. The van der Waals surface area contributed by atoms with E-state index in [0.29, 0.717) is 5.82 Å². The van der Waals surface area contributed by atoms with Crippen molar-refractivity contribution in [1.29, 1.82) is 0 Å². The molecule has 0 fully saturated rings. The Kier molecular flexibility index (Phi) is 3.58. The third kappa shape index (κ3) is 2.87. The number of nitrogens with two attached hydrogens (primary N) is 1. The zero-order chi connectivity index (χ0) is 14.8. The number of aromatic nitrogens is 3. The maximum atomic E-state index is 6.08. The molecule has 5 heteroatoms. The molecule has 2 heterocycles. The van der Waals surface area contributed by atoms with Crippen molar-refractivity contribution < 1.29 is 0 Å². The van der Waals surface area contributed by atoms with Crippen LogP contribution in [0.2, 0.25) is 0 Å². The fraction of sp³-hybridized carbons (Fsp3) is 0.250. The van der Waals surface area contributed by atoms with Crippen molar-refractivity contribution in [2.45, 2.75) is 13.1 Å². The number of aryl methyl sites for hydroxylation is 1. The van der Waals surface area contributed by atoms with Gasteiger partial charge in [0, 0.05) is 36.9 Å². The zero-order valence-electron chi connectivity index (χ0n) is 12.3. The normalized spacial score (nSPS) is 11.4. The van der Waals surface area contributed by atoms with E-state index in [9.17, 15) is 0 Å². The summed E-state index contributed by atoms with van der Waals surface area (Å²) in [7, 11) is 4.06. The summed E-state index contributed by atoms with van der Waals surface area (Å²) in [6.07, 6.45) is 3.77. The molecule has 0 amide bonds. The van der Waals surface area contributed by atoms with Gasteiger partial charge in [-0.2, -0.15) is 0 Å². The number of nitrogen functional groups attached to an aromatic ring is 1. The van der Waals surface area contributed by atoms with Gasteiger partial charge in [-0.3, -0.25) is 4.90 Å². The van der Waals surface area contributed by atoms with Crippen LogP contribution in [-0.2, 0) is 20.1 Å². The highest BCUT2D eigenvalue weighted by atomic mass is 15.1. The standard InChI is InChI=1S/C16H19N5/c1-20(11-15-18-7-8-21(15)2)10-13-9-12-5-3-4-6-14(12)19-16(13)17/h3-9H,10-11H2,1-2H3,(H2,17,19). The van der Waals surface area contributed by atoms with E-state index in [1.165, 1.54) is 0 Å². The number of pyridine rings is 1. The Morgan fingerprint density at radius 3 is 2.81 bits per heavy atom. The van der Waals surface area contributed by atoms with E-state index in [0.717, 1.165) is 35.4 Å². The quantitative estimate of drug-likeness (QED) is 0.796. The van der Waals surface area contributed by atoms with E-state index in [-0.39, 0.29) is 0 Å². The summed E-state index contributed by atoms with van der Waals surface area (Å²) in [5, 5.41) is 1.12. The molecule has 0 spiro atoms. The van der Waals surface area contributed by atoms with Crippen LogP contribution >= 0.6 is 0 Å². The number of nitrogens with zero attached hydrogens (tertiary/aromatic N) is 4. The molecule has 0 aliphatic carbocycles. The Morgan fingerprint density at radius 1 is 1.24 bits per heavy atom. The van der Waals surface area contributed by atoms with E-state index in [1.807, 2.05) is 42.2 Å². The fourth-order valence-corrected chi connectivity index (χ4v) is 2.44. The SMILES string of the molecule is CN(Cc1cc2ccccc2nc1N)Cc1nccn1C. The van der Waals surface area contributed by atoms with Gasteiger partial charge in [0.05, 0.1) is 12.1 Å². The average Bonchev–Trinajstić information content (AvgIpc) is 2.85. The van der Waals surface area contributed by atoms with Gasteiger partial charge in [-0.25, -0.2) is 9.97 Å². The number of hydrogen-bond donors (Lipinski definition) is 1. The van der Waals surface area contributed by atoms with E-state index in [4.69, 9.17) is 5.73 Å². The second kappa shape index (κ2) is 5.54. The highest BCUT2D eigenvalue weighted by molar-refractivity contribution is 5.81. The van der Waals surface area contributed by atoms with E-state index in [1.54, 1.807) is 0 Å². The summed E-state index contributed by atoms with van der Waals surface area (Å²) in [5.74, 6) is 1.63. The minimum atomic E-state index is 0.598. The van der Waals surface area contributed by atoms with E-state index < -0.39 is 0 Å². The summed E-state index contributed by atoms with van der Waals surface area (Å²) in [6.45, 7) is 1.52. The first kappa shape index (κ1) is 13.6. The molecule has 1 aromatic carbocycles. The van der Waals surface area contributed by atoms with Crippen molar-refractivity contribution in [3.05, 3.63) is 54.1 Å². The van der Waals surface area contributed by atoms with Gasteiger partial charge in [-0.05, 0) is 19.2 Å². The molecule has 2 aromatic heterocycles. The lowest BCUT2D eigenvalue weighted by Gasteiger charge is -2.17. The van der Waals surface area contributed by atoms with Crippen molar-refractivity contribution in [2.24, 2.45) is 7.05 Å². The lowest BCUT2D eigenvalue weighted by Crippen LogP contribution is -2.20. The van der Waals surface area contributed by atoms with Crippen molar-refractivity contribution in [3.63, 3.8) is 0 Å². The van der Waals surface area contributed by atoms with Gasteiger partial charge in [0.25, 0.3) is 0 Å². The molecule has 0 aliphatic heterocycles. The number of rotatable bonds is 4. The van der Waals surface area contributed by atoms with Crippen LogP contribution in [-0.4, -0.2) is 26.5 Å². The molecule has 2 N–H and O–H groups in total. The molecular weight excluding hydrogens is 262 g/mol. The molecule has 0 bridgehead atoms. The second-order valence-corrected chi connectivity index (χ2v) is 5.35. The lowest BCUT2D eigenvalue weighted by atomic mass is 10.1. The molecule has 3 rings (SSSR count). The molecule has 0 aliphatic rings. The van der Waals surface area contributed by atoms with Gasteiger partial charge >= 0.3 is 0 Å². The number of anilines is 1. The minimum absolute atomic E-state index is 0.598. The topological polar surface area (TPSA) is 60.0 Å². The largest absolute Gasteiger partial charge is 0.383 e. The Hall–Kier alpha value is -2.40. The Morgan fingerprint density at radius 2 is 2.05 bits per heavy atom. The molecule has 0 unspecified atom stereocenters. The average molecular weight is 281 g/mol. The van der Waals surface area contributed by atoms with E-state index in [2.05, 4.69) is 34.0 Å². The maximum Gasteiger partial charge on any atom is 0.128 e.